The number of hydrogen-bond donors (Lipinski definition) is 0. The average molecular weight is 849 g/mol. The van der Waals surface area contributed by atoms with Crippen molar-refractivity contribution in [3.8, 4) is 0 Å². The van der Waals surface area contributed by atoms with E-state index in [0.717, 1.165) is 63.7 Å². The summed E-state index contributed by atoms with van der Waals surface area (Å²) in [5.74, 6) is -0.0126. The van der Waals surface area contributed by atoms with E-state index in [1.54, 1.807) is 0 Å². The zero-order chi connectivity index (χ0) is 43.8. The van der Waals surface area contributed by atoms with Gasteiger partial charge in [0.25, 0.3) is 0 Å². The SMILES string of the molecule is CCCCCCCCCCCCCCCCCCCCC(=O)OC[C@H](COC(=O)CCCCCCCCCCC)OC(=O)CCCCCCCCCCCCCCC(C)C. The van der Waals surface area contributed by atoms with Gasteiger partial charge in [0, 0.05) is 19.3 Å². The van der Waals surface area contributed by atoms with Crippen LogP contribution in [-0.4, -0.2) is 37.2 Å². The number of carbonyl (C=O) groups is 3. The quantitative estimate of drug-likeness (QED) is 0.0345. The van der Waals surface area contributed by atoms with Gasteiger partial charge in [0.2, 0.25) is 0 Å². The van der Waals surface area contributed by atoms with Gasteiger partial charge in [-0.3, -0.25) is 14.4 Å². The van der Waals surface area contributed by atoms with E-state index in [1.807, 2.05) is 0 Å². The van der Waals surface area contributed by atoms with Crippen LogP contribution in [0.1, 0.15) is 304 Å². The Bertz CT molecular complexity index is 903. The van der Waals surface area contributed by atoms with Gasteiger partial charge in [-0.05, 0) is 25.2 Å². The van der Waals surface area contributed by atoms with Gasteiger partial charge in [-0.1, -0.05) is 265 Å². The number of hydrogen-bond acceptors (Lipinski definition) is 6. The van der Waals surface area contributed by atoms with Gasteiger partial charge in [0.15, 0.2) is 6.10 Å². The second-order valence-electron chi connectivity index (χ2n) is 19.0. The molecule has 0 radical (unpaired) electrons. The Morgan fingerprint density at radius 1 is 0.317 bits per heavy atom. The van der Waals surface area contributed by atoms with Gasteiger partial charge >= 0.3 is 17.9 Å². The summed E-state index contributed by atoms with van der Waals surface area (Å²) in [6.45, 7) is 9.02. The van der Waals surface area contributed by atoms with Crippen LogP contribution in [0.4, 0.5) is 0 Å². The van der Waals surface area contributed by atoms with E-state index in [9.17, 15) is 14.4 Å². The third kappa shape index (κ3) is 47.5. The fourth-order valence-electron chi connectivity index (χ4n) is 8.22. The lowest BCUT2D eigenvalue weighted by atomic mass is 10.0. The standard InChI is InChI=1S/C54H104O6/c1-5-7-9-11-13-15-16-17-18-19-20-21-22-26-30-34-38-42-46-53(56)59-49-51(48-58-52(55)45-41-37-33-28-14-12-10-8-6-2)60-54(57)47-43-39-35-31-27-24-23-25-29-32-36-40-44-50(3)4/h50-51H,5-49H2,1-4H3/t51-/m0/s1. The van der Waals surface area contributed by atoms with E-state index in [2.05, 4.69) is 27.7 Å². The molecule has 356 valence electrons. The largest absolute Gasteiger partial charge is 0.462 e. The Hall–Kier alpha value is -1.59. The summed E-state index contributed by atoms with van der Waals surface area (Å²) in [4.78, 5) is 37.9. The van der Waals surface area contributed by atoms with Gasteiger partial charge in [-0.15, -0.1) is 0 Å². The Labute approximate surface area is 374 Å². The molecule has 0 saturated heterocycles. The van der Waals surface area contributed by atoms with E-state index < -0.39 is 6.10 Å². The van der Waals surface area contributed by atoms with Gasteiger partial charge in [-0.2, -0.15) is 0 Å². The van der Waals surface area contributed by atoms with Crippen molar-refractivity contribution in [3.05, 3.63) is 0 Å². The Morgan fingerprint density at radius 3 is 0.817 bits per heavy atom. The lowest BCUT2D eigenvalue weighted by molar-refractivity contribution is -0.167. The predicted molar refractivity (Wildman–Crippen MR) is 257 cm³/mol. The first-order valence-electron chi connectivity index (χ1n) is 26.9. The fourth-order valence-corrected chi connectivity index (χ4v) is 8.22. The number of unbranched alkanes of at least 4 members (excludes halogenated alkanes) is 36. The summed E-state index contributed by atoms with van der Waals surface area (Å²) in [6, 6.07) is 0. The minimum atomic E-state index is -0.760. The molecule has 0 aromatic rings. The van der Waals surface area contributed by atoms with Crippen LogP contribution in [-0.2, 0) is 28.6 Å². The summed E-state index contributed by atoms with van der Waals surface area (Å²) in [5, 5.41) is 0. The zero-order valence-electron chi connectivity index (χ0n) is 40.9. The van der Waals surface area contributed by atoms with Crippen molar-refractivity contribution < 1.29 is 28.6 Å². The maximum atomic E-state index is 12.8. The molecule has 0 aromatic heterocycles. The molecule has 0 amide bonds. The first-order valence-corrected chi connectivity index (χ1v) is 26.9. The second kappa shape index (κ2) is 48.4. The molecule has 1 atom stereocenters. The second-order valence-corrected chi connectivity index (χ2v) is 19.0. The van der Waals surface area contributed by atoms with Crippen LogP contribution >= 0.6 is 0 Å². The van der Waals surface area contributed by atoms with E-state index in [-0.39, 0.29) is 31.1 Å². The van der Waals surface area contributed by atoms with Crippen LogP contribution in [0, 0.1) is 5.92 Å². The molecule has 0 aliphatic carbocycles. The van der Waals surface area contributed by atoms with E-state index in [4.69, 9.17) is 14.2 Å². The van der Waals surface area contributed by atoms with Crippen molar-refractivity contribution in [2.75, 3.05) is 13.2 Å². The van der Waals surface area contributed by atoms with Crippen LogP contribution in [0.25, 0.3) is 0 Å². The lowest BCUT2D eigenvalue weighted by Gasteiger charge is -2.18. The summed E-state index contributed by atoms with van der Waals surface area (Å²) in [6.07, 6.45) is 50.9. The van der Waals surface area contributed by atoms with Gasteiger partial charge in [-0.25, -0.2) is 0 Å². The molecule has 6 nitrogen and oxygen atoms in total. The number of carbonyl (C=O) groups excluding carboxylic acids is 3. The smallest absolute Gasteiger partial charge is 0.306 e. The monoisotopic (exact) mass is 849 g/mol. The molecular weight excluding hydrogens is 745 g/mol. The molecule has 0 aliphatic heterocycles. The van der Waals surface area contributed by atoms with Crippen LogP contribution in [0.2, 0.25) is 0 Å². The molecule has 0 N–H and O–H groups in total. The molecule has 0 bridgehead atoms. The van der Waals surface area contributed by atoms with Crippen LogP contribution in [0.3, 0.4) is 0 Å². The summed E-state index contributed by atoms with van der Waals surface area (Å²) in [5.41, 5.74) is 0. The molecule has 6 heteroatoms. The lowest BCUT2D eigenvalue weighted by Crippen LogP contribution is -2.30. The number of ether oxygens (including phenoxy) is 3. The molecule has 0 heterocycles. The first kappa shape index (κ1) is 58.4. The maximum Gasteiger partial charge on any atom is 0.306 e. The molecular formula is C54H104O6. The Kier molecular flexibility index (Phi) is 47.2. The van der Waals surface area contributed by atoms with Crippen LogP contribution in [0.15, 0.2) is 0 Å². The average Bonchev–Trinajstić information content (AvgIpc) is 3.23. The molecule has 0 unspecified atom stereocenters. The highest BCUT2D eigenvalue weighted by Gasteiger charge is 2.19. The van der Waals surface area contributed by atoms with Crippen molar-refractivity contribution >= 4 is 17.9 Å². The van der Waals surface area contributed by atoms with Crippen molar-refractivity contribution in [3.63, 3.8) is 0 Å². The van der Waals surface area contributed by atoms with Crippen molar-refractivity contribution in [2.24, 2.45) is 5.92 Å². The topological polar surface area (TPSA) is 78.9 Å². The summed E-state index contributed by atoms with van der Waals surface area (Å²) in [7, 11) is 0. The molecule has 0 aliphatic rings. The van der Waals surface area contributed by atoms with Gasteiger partial charge in [0.05, 0.1) is 0 Å². The molecule has 0 rings (SSSR count). The molecule has 0 aromatic carbocycles. The summed E-state index contributed by atoms with van der Waals surface area (Å²) < 4.78 is 16.8. The molecule has 0 fully saturated rings. The molecule has 60 heavy (non-hydrogen) atoms. The van der Waals surface area contributed by atoms with E-state index in [0.29, 0.717) is 19.3 Å². The number of esters is 3. The molecule has 0 saturated carbocycles. The van der Waals surface area contributed by atoms with Crippen molar-refractivity contribution in [1.29, 1.82) is 0 Å². The van der Waals surface area contributed by atoms with Gasteiger partial charge in [0.1, 0.15) is 13.2 Å². The highest BCUT2D eigenvalue weighted by atomic mass is 16.6. The van der Waals surface area contributed by atoms with Crippen LogP contribution < -0.4 is 0 Å². The van der Waals surface area contributed by atoms with Crippen molar-refractivity contribution in [1.82, 2.24) is 0 Å². The Balaban J connectivity index is 4.23. The van der Waals surface area contributed by atoms with E-state index >= 15 is 0 Å². The zero-order valence-corrected chi connectivity index (χ0v) is 40.9. The predicted octanol–water partition coefficient (Wildman–Crippen LogP) is 17.5. The van der Waals surface area contributed by atoms with Crippen molar-refractivity contribution in [2.45, 2.75) is 310 Å². The first-order chi connectivity index (χ1) is 29.4. The summed E-state index contributed by atoms with van der Waals surface area (Å²) >= 11 is 0. The van der Waals surface area contributed by atoms with Crippen LogP contribution in [0.5, 0.6) is 0 Å². The van der Waals surface area contributed by atoms with E-state index in [1.165, 1.54) is 199 Å². The Morgan fingerprint density at radius 2 is 0.550 bits per heavy atom. The highest BCUT2D eigenvalue weighted by molar-refractivity contribution is 5.71. The third-order valence-electron chi connectivity index (χ3n) is 12.3. The maximum absolute atomic E-state index is 12.8. The number of rotatable bonds is 49. The highest BCUT2D eigenvalue weighted by Crippen LogP contribution is 2.17. The minimum absolute atomic E-state index is 0.0626. The minimum Gasteiger partial charge on any atom is -0.462 e. The third-order valence-corrected chi connectivity index (χ3v) is 12.3. The fraction of sp³-hybridized carbons (Fsp3) is 0.944. The normalized spacial score (nSPS) is 11.9. The molecule has 0 spiro atoms. The van der Waals surface area contributed by atoms with Gasteiger partial charge < -0.3 is 14.2 Å².